The van der Waals surface area contributed by atoms with Crippen LogP contribution in [0.15, 0.2) is 60.7 Å². The van der Waals surface area contributed by atoms with Gasteiger partial charge < -0.3 is 14.8 Å². The molecule has 0 atom stereocenters. The number of hydrogen-bond donors (Lipinski definition) is 2. The second-order valence-electron chi connectivity index (χ2n) is 8.77. The molecule has 0 spiro atoms. The van der Waals surface area contributed by atoms with Crippen LogP contribution in [-0.2, 0) is 5.41 Å². The topological polar surface area (TPSA) is 86.2 Å². The maximum atomic E-state index is 14.1. The van der Waals surface area contributed by atoms with Crippen LogP contribution in [0.4, 0.5) is 4.39 Å². The van der Waals surface area contributed by atoms with Crippen LogP contribution < -0.4 is 0 Å². The summed E-state index contributed by atoms with van der Waals surface area (Å²) in [5.41, 5.74) is 3.59. The van der Waals surface area contributed by atoms with Gasteiger partial charge >= 0.3 is 5.97 Å². The van der Waals surface area contributed by atoms with Crippen LogP contribution in [0.2, 0.25) is 0 Å². The van der Waals surface area contributed by atoms with E-state index in [-0.39, 0.29) is 23.6 Å². The Balaban J connectivity index is 2.17. The lowest BCUT2D eigenvalue weighted by Crippen LogP contribution is -2.22. The van der Waals surface area contributed by atoms with Crippen molar-refractivity contribution in [2.24, 2.45) is 0 Å². The first kappa shape index (κ1) is 22.1. The number of aromatic carboxylic acids is 1. The zero-order valence-corrected chi connectivity index (χ0v) is 18.6. The highest BCUT2D eigenvalue weighted by atomic mass is 19.1. The van der Waals surface area contributed by atoms with Gasteiger partial charge in [0.1, 0.15) is 11.6 Å². The summed E-state index contributed by atoms with van der Waals surface area (Å²) in [6.07, 6.45) is 0.199. The van der Waals surface area contributed by atoms with Crippen LogP contribution in [0.25, 0.3) is 27.7 Å². The molecule has 4 rings (SSSR count). The lowest BCUT2D eigenvalue weighted by Gasteiger charge is -2.27. The number of carbonyl (C=O) groups is 1. The van der Waals surface area contributed by atoms with Gasteiger partial charge in [-0.25, -0.2) is 9.18 Å². The normalized spacial score (nSPS) is 11.5. The van der Waals surface area contributed by atoms with Crippen molar-refractivity contribution in [3.63, 3.8) is 0 Å². The Kier molecular flexibility index (Phi) is 5.43. The number of carboxylic acid groups (broad SMARTS) is 1. The molecule has 0 aliphatic rings. The van der Waals surface area contributed by atoms with E-state index in [1.165, 1.54) is 18.2 Å². The fourth-order valence-corrected chi connectivity index (χ4v) is 4.34. The van der Waals surface area contributed by atoms with Crippen LogP contribution in [0.3, 0.4) is 0 Å². The van der Waals surface area contributed by atoms with Crippen molar-refractivity contribution in [1.29, 1.82) is 5.26 Å². The number of carboxylic acids is 1. The van der Waals surface area contributed by atoms with Crippen LogP contribution in [0.1, 0.15) is 41.9 Å². The number of halogens is 1. The molecule has 0 saturated heterocycles. The summed E-state index contributed by atoms with van der Waals surface area (Å²) in [6, 6.07) is 18.7. The Bertz CT molecular complexity index is 1430. The number of aromatic nitrogens is 1. The first-order valence-corrected chi connectivity index (χ1v) is 10.5. The van der Waals surface area contributed by atoms with Gasteiger partial charge in [-0.1, -0.05) is 32.0 Å². The van der Waals surface area contributed by atoms with Crippen LogP contribution in [-0.4, -0.2) is 20.7 Å². The van der Waals surface area contributed by atoms with Gasteiger partial charge in [0.25, 0.3) is 0 Å². The quantitative estimate of drug-likeness (QED) is 0.378. The van der Waals surface area contributed by atoms with Gasteiger partial charge in [-0.3, -0.25) is 0 Å². The molecule has 0 amide bonds. The number of aryl methyl sites for hydroxylation is 1. The minimum Gasteiger partial charge on any atom is -0.507 e. The maximum absolute atomic E-state index is 14.1. The molecule has 0 radical (unpaired) electrons. The Morgan fingerprint density at radius 1 is 1.12 bits per heavy atom. The fourth-order valence-electron chi connectivity index (χ4n) is 4.34. The minimum absolute atomic E-state index is 0.0661. The van der Waals surface area contributed by atoms with Crippen LogP contribution >= 0.6 is 0 Å². The summed E-state index contributed by atoms with van der Waals surface area (Å²) in [4.78, 5) is 11.4. The molecule has 6 heteroatoms. The van der Waals surface area contributed by atoms with E-state index >= 15 is 0 Å². The van der Waals surface area contributed by atoms with E-state index in [1.54, 1.807) is 43.3 Å². The lowest BCUT2D eigenvalue weighted by molar-refractivity contribution is 0.0697. The summed E-state index contributed by atoms with van der Waals surface area (Å²) in [7, 11) is 0. The summed E-state index contributed by atoms with van der Waals surface area (Å²) in [5.74, 6) is -1.28. The SMILES string of the molecule is Cc1cc(-n2c(C(C)(C)CC#N)c(-c3ccc(C(=O)O)cc3)c3c(O)cccc32)ccc1F. The van der Waals surface area contributed by atoms with Gasteiger partial charge in [-0.2, -0.15) is 5.26 Å². The van der Waals surface area contributed by atoms with Crippen molar-refractivity contribution in [3.05, 3.63) is 83.3 Å². The summed E-state index contributed by atoms with van der Waals surface area (Å²) in [6.45, 7) is 5.58. The summed E-state index contributed by atoms with van der Waals surface area (Å²) < 4.78 is 16.0. The molecular formula is C27H23FN2O3. The number of aromatic hydroxyl groups is 1. The van der Waals surface area contributed by atoms with E-state index in [2.05, 4.69) is 6.07 Å². The molecule has 0 bridgehead atoms. The molecule has 0 fully saturated rings. The number of phenolic OH excluding ortho intramolecular Hbond substituents is 1. The van der Waals surface area contributed by atoms with Crippen molar-refractivity contribution in [2.45, 2.75) is 32.6 Å². The van der Waals surface area contributed by atoms with Crippen molar-refractivity contribution in [1.82, 2.24) is 4.57 Å². The van der Waals surface area contributed by atoms with Gasteiger partial charge in [0.15, 0.2) is 0 Å². The van der Waals surface area contributed by atoms with E-state index in [0.29, 0.717) is 33.3 Å². The Hall–Kier alpha value is -4.11. The highest BCUT2D eigenvalue weighted by Crippen LogP contribution is 2.46. The number of benzene rings is 3. The number of rotatable bonds is 5. The molecule has 0 aliphatic carbocycles. The molecule has 33 heavy (non-hydrogen) atoms. The van der Waals surface area contributed by atoms with E-state index in [0.717, 1.165) is 5.69 Å². The second kappa shape index (κ2) is 8.10. The molecule has 4 aromatic rings. The highest BCUT2D eigenvalue weighted by Gasteiger charge is 2.33. The van der Waals surface area contributed by atoms with Crippen LogP contribution in [0, 0.1) is 24.1 Å². The minimum atomic E-state index is -1.03. The zero-order valence-electron chi connectivity index (χ0n) is 18.6. The molecule has 0 aliphatic heterocycles. The maximum Gasteiger partial charge on any atom is 0.335 e. The third-order valence-electron chi connectivity index (χ3n) is 5.95. The number of nitrogens with zero attached hydrogens (tertiary/aromatic N) is 2. The molecule has 0 saturated carbocycles. The molecule has 0 unspecified atom stereocenters. The largest absolute Gasteiger partial charge is 0.507 e. The molecule has 166 valence electrons. The molecule has 2 N–H and O–H groups in total. The molecule has 3 aromatic carbocycles. The average Bonchev–Trinajstić information content (AvgIpc) is 3.13. The van der Waals surface area contributed by atoms with Gasteiger partial charge in [0.05, 0.1) is 17.1 Å². The lowest BCUT2D eigenvalue weighted by atomic mass is 9.81. The van der Waals surface area contributed by atoms with Crippen molar-refractivity contribution >= 4 is 16.9 Å². The monoisotopic (exact) mass is 442 g/mol. The third kappa shape index (κ3) is 3.72. The van der Waals surface area contributed by atoms with Crippen molar-refractivity contribution in [3.8, 4) is 28.6 Å². The van der Waals surface area contributed by atoms with Gasteiger partial charge in [0, 0.05) is 34.2 Å². The Morgan fingerprint density at radius 2 is 1.82 bits per heavy atom. The Labute approximate surface area is 191 Å². The number of phenols is 1. The zero-order chi connectivity index (χ0) is 23.9. The molecular weight excluding hydrogens is 419 g/mol. The molecule has 1 aromatic heterocycles. The average molecular weight is 442 g/mol. The predicted molar refractivity (Wildman–Crippen MR) is 125 cm³/mol. The van der Waals surface area contributed by atoms with E-state index in [9.17, 15) is 24.7 Å². The summed E-state index contributed by atoms with van der Waals surface area (Å²) >= 11 is 0. The number of hydrogen-bond acceptors (Lipinski definition) is 3. The summed E-state index contributed by atoms with van der Waals surface area (Å²) in [5, 5.41) is 30.4. The number of nitriles is 1. The van der Waals surface area contributed by atoms with Gasteiger partial charge in [0.2, 0.25) is 0 Å². The van der Waals surface area contributed by atoms with Gasteiger partial charge in [-0.05, 0) is 60.5 Å². The predicted octanol–water partition coefficient (Wildman–Crippen LogP) is 6.34. The number of fused-ring (bicyclic) bond motifs is 1. The second-order valence-corrected chi connectivity index (χ2v) is 8.77. The first-order valence-electron chi connectivity index (χ1n) is 10.5. The van der Waals surface area contributed by atoms with Crippen molar-refractivity contribution in [2.75, 3.05) is 0 Å². The van der Waals surface area contributed by atoms with Gasteiger partial charge in [-0.15, -0.1) is 0 Å². The highest BCUT2D eigenvalue weighted by molar-refractivity contribution is 6.04. The smallest absolute Gasteiger partial charge is 0.335 e. The van der Waals surface area contributed by atoms with E-state index in [1.807, 2.05) is 24.5 Å². The third-order valence-corrected chi connectivity index (χ3v) is 5.95. The fraction of sp³-hybridized carbons (Fsp3) is 0.185. The van der Waals surface area contributed by atoms with Crippen LogP contribution in [0.5, 0.6) is 5.75 Å². The molecule has 1 heterocycles. The molecule has 5 nitrogen and oxygen atoms in total. The van der Waals surface area contributed by atoms with E-state index < -0.39 is 11.4 Å². The first-order chi connectivity index (χ1) is 15.7. The Morgan fingerprint density at radius 3 is 2.42 bits per heavy atom. The standard InChI is InChI=1S/C27H23FN2O3/c1-16-15-19(11-12-20(16)28)30-21-5-4-6-22(31)24(21)23(25(30)27(2,3)13-14-29)17-7-9-18(10-8-17)26(32)33/h4-12,15,31H,13H2,1-3H3,(H,32,33). The van der Waals surface area contributed by atoms with Crippen molar-refractivity contribution < 1.29 is 19.4 Å². The van der Waals surface area contributed by atoms with E-state index in [4.69, 9.17) is 0 Å².